The van der Waals surface area contributed by atoms with E-state index in [-0.39, 0.29) is 5.92 Å². The second-order valence-corrected chi connectivity index (χ2v) is 4.78. The number of nitrogens with zero attached hydrogens (tertiary/aromatic N) is 1. The van der Waals surface area contributed by atoms with Crippen molar-refractivity contribution >= 4 is 18.0 Å². The molecule has 1 aromatic carbocycles. The maximum absolute atomic E-state index is 11.8. The van der Waals surface area contributed by atoms with Crippen LogP contribution in [0.2, 0.25) is 0 Å². The zero-order valence-corrected chi connectivity index (χ0v) is 12.0. The second kappa shape index (κ2) is 7.85. The highest BCUT2D eigenvalue weighted by atomic mass is 16.4. The van der Waals surface area contributed by atoms with Crippen molar-refractivity contribution in [1.82, 2.24) is 5.32 Å². The SMILES string of the molecule is CCC(C)[C@H](NC(=O)C=Cc1ccc(C#N)cc1)C(=O)O. The largest absolute Gasteiger partial charge is 0.480 e. The quantitative estimate of drug-likeness (QED) is 0.784. The van der Waals surface area contributed by atoms with Gasteiger partial charge < -0.3 is 10.4 Å². The lowest BCUT2D eigenvalue weighted by Gasteiger charge is -2.19. The van der Waals surface area contributed by atoms with Gasteiger partial charge in [0.05, 0.1) is 11.6 Å². The summed E-state index contributed by atoms with van der Waals surface area (Å²) in [6.45, 7) is 3.66. The summed E-state index contributed by atoms with van der Waals surface area (Å²) < 4.78 is 0. The first-order valence-corrected chi connectivity index (χ1v) is 6.69. The van der Waals surface area contributed by atoms with Crippen LogP contribution in [0.15, 0.2) is 30.3 Å². The number of benzene rings is 1. The molecule has 2 atom stereocenters. The van der Waals surface area contributed by atoms with Crippen molar-refractivity contribution in [3.63, 3.8) is 0 Å². The lowest BCUT2D eigenvalue weighted by molar-refractivity contribution is -0.142. The van der Waals surface area contributed by atoms with Crippen molar-refractivity contribution in [2.45, 2.75) is 26.3 Å². The number of carboxylic acids is 1. The fourth-order valence-corrected chi connectivity index (χ4v) is 1.73. The fourth-order valence-electron chi connectivity index (χ4n) is 1.73. The van der Waals surface area contributed by atoms with Gasteiger partial charge in [-0.2, -0.15) is 5.26 Å². The number of amides is 1. The number of carbonyl (C=O) groups is 2. The third-order valence-electron chi connectivity index (χ3n) is 3.24. The van der Waals surface area contributed by atoms with E-state index in [1.165, 1.54) is 6.08 Å². The summed E-state index contributed by atoms with van der Waals surface area (Å²) in [6, 6.07) is 7.84. The fraction of sp³-hybridized carbons (Fsp3) is 0.312. The highest BCUT2D eigenvalue weighted by Crippen LogP contribution is 2.08. The van der Waals surface area contributed by atoms with E-state index < -0.39 is 17.9 Å². The van der Waals surface area contributed by atoms with E-state index in [0.29, 0.717) is 12.0 Å². The maximum atomic E-state index is 11.8. The molecular weight excluding hydrogens is 268 g/mol. The predicted molar refractivity (Wildman–Crippen MR) is 79.2 cm³/mol. The Morgan fingerprint density at radius 3 is 2.48 bits per heavy atom. The Labute approximate surface area is 123 Å². The smallest absolute Gasteiger partial charge is 0.326 e. The monoisotopic (exact) mass is 286 g/mol. The standard InChI is InChI=1S/C16H18N2O3/c1-3-11(2)15(16(20)21)18-14(19)9-8-12-4-6-13(10-17)7-5-12/h4-9,11,15H,3H2,1-2H3,(H,18,19)(H,20,21)/t11?,15-/m0/s1. The van der Waals surface area contributed by atoms with Crippen LogP contribution in [-0.4, -0.2) is 23.0 Å². The zero-order chi connectivity index (χ0) is 15.8. The van der Waals surface area contributed by atoms with Gasteiger partial charge in [-0.25, -0.2) is 4.79 Å². The molecule has 1 rings (SSSR count). The van der Waals surface area contributed by atoms with Gasteiger partial charge in [-0.15, -0.1) is 0 Å². The van der Waals surface area contributed by atoms with Gasteiger partial charge in [0.1, 0.15) is 6.04 Å². The lowest BCUT2D eigenvalue weighted by Crippen LogP contribution is -2.44. The van der Waals surface area contributed by atoms with Crippen LogP contribution in [-0.2, 0) is 9.59 Å². The van der Waals surface area contributed by atoms with Gasteiger partial charge in [-0.05, 0) is 29.7 Å². The molecule has 5 nitrogen and oxygen atoms in total. The Morgan fingerprint density at radius 2 is 2.00 bits per heavy atom. The average molecular weight is 286 g/mol. The minimum absolute atomic E-state index is 0.144. The normalized spacial score (nSPS) is 13.4. The lowest BCUT2D eigenvalue weighted by atomic mass is 9.99. The molecule has 2 N–H and O–H groups in total. The summed E-state index contributed by atoms with van der Waals surface area (Å²) in [4.78, 5) is 22.9. The van der Waals surface area contributed by atoms with Crippen LogP contribution in [0.5, 0.6) is 0 Å². The molecule has 0 saturated heterocycles. The average Bonchev–Trinajstić information content (AvgIpc) is 2.50. The van der Waals surface area contributed by atoms with Crippen LogP contribution < -0.4 is 5.32 Å². The molecule has 0 aromatic heterocycles. The molecule has 110 valence electrons. The molecule has 1 aromatic rings. The number of hydrogen-bond donors (Lipinski definition) is 2. The topological polar surface area (TPSA) is 90.2 Å². The second-order valence-electron chi connectivity index (χ2n) is 4.78. The number of hydrogen-bond acceptors (Lipinski definition) is 3. The highest BCUT2D eigenvalue weighted by Gasteiger charge is 2.24. The van der Waals surface area contributed by atoms with Crippen LogP contribution in [0, 0.1) is 17.2 Å². The van der Waals surface area contributed by atoms with Crippen molar-refractivity contribution in [3.05, 3.63) is 41.5 Å². The van der Waals surface area contributed by atoms with Gasteiger partial charge in [-0.3, -0.25) is 4.79 Å². The van der Waals surface area contributed by atoms with Crippen LogP contribution in [0.25, 0.3) is 6.08 Å². The van der Waals surface area contributed by atoms with Gasteiger partial charge in [0.25, 0.3) is 0 Å². The number of nitriles is 1. The summed E-state index contributed by atoms with van der Waals surface area (Å²) in [6.07, 6.45) is 3.53. The van der Waals surface area contributed by atoms with Gasteiger partial charge in [-0.1, -0.05) is 32.4 Å². The van der Waals surface area contributed by atoms with E-state index in [0.717, 1.165) is 5.56 Å². The zero-order valence-electron chi connectivity index (χ0n) is 12.0. The van der Waals surface area contributed by atoms with E-state index in [9.17, 15) is 9.59 Å². The van der Waals surface area contributed by atoms with E-state index in [1.807, 2.05) is 13.0 Å². The first kappa shape index (κ1) is 16.4. The van der Waals surface area contributed by atoms with Gasteiger partial charge in [0.2, 0.25) is 5.91 Å². The summed E-state index contributed by atoms with van der Waals surface area (Å²) in [5.41, 5.74) is 1.30. The van der Waals surface area contributed by atoms with Gasteiger partial charge >= 0.3 is 5.97 Å². The van der Waals surface area contributed by atoms with Crippen LogP contribution in [0.1, 0.15) is 31.4 Å². The van der Waals surface area contributed by atoms with Crippen molar-refractivity contribution in [2.75, 3.05) is 0 Å². The molecule has 1 amide bonds. The molecule has 21 heavy (non-hydrogen) atoms. The number of aliphatic carboxylic acids is 1. The number of nitrogens with one attached hydrogen (secondary N) is 1. The molecular formula is C16H18N2O3. The Bertz CT molecular complexity index is 570. The van der Waals surface area contributed by atoms with Crippen molar-refractivity contribution in [3.8, 4) is 6.07 Å². The maximum Gasteiger partial charge on any atom is 0.326 e. The Morgan fingerprint density at radius 1 is 1.38 bits per heavy atom. The molecule has 0 spiro atoms. The van der Waals surface area contributed by atoms with Crippen molar-refractivity contribution in [1.29, 1.82) is 5.26 Å². The molecule has 0 fully saturated rings. The molecule has 5 heteroatoms. The minimum atomic E-state index is -1.04. The molecule has 0 aliphatic rings. The van der Waals surface area contributed by atoms with E-state index >= 15 is 0 Å². The molecule has 0 aliphatic heterocycles. The molecule has 0 heterocycles. The minimum Gasteiger partial charge on any atom is -0.480 e. The molecule has 0 radical (unpaired) electrons. The molecule has 0 saturated carbocycles. The van der Waals surface area contributed by atoms with Crippen molar-refractivity contribution in [2.24, 2.45) is 5.92 Å². The molecule has 0 aliphatic carbocycles. The third-order valence-corrected chi connectivity index (χ3v) is 3.24. The summed E-state index contributed by atoms with van der Waals surface area (Å²) in [7, 11) is 0. The summed E-state index contributed by atoms with van der Waals surface area (Å²) >= 11 is 0. The van der Waals surface area contributed by atoms with Crippen LogP contribution in [0.3, 0.4) is 0 Å². The number of carboxylic acid groups (broad SMARTS) is 1. The van der Waals surface area contributed by atoms with E-state index in [2.05, 4.69) is 5.32 Å². The molecule has 0 bridgehead atoms. The Hall–Kier alpha value is -2.61. The molecule has 1 unspecified atom stereocenters. The van der Waals surface area contributed by atoms with E-state index in [4.69, 9.17) is 10.4 Å². The predicted octanol–water partition coefficient (Wildman–Crippen LogP) is 2.19. The summed E-state index contributed by atoms with van der Waals surface area (Å²) in [5, 5.41) is 20.3. The van der Waals surface area contributed by atoms with Crippen LogP contribution in [0.4, 0.5) is 0 Å². The summed E-state index contributed by atoms with van der Waals surface area (Å²) in [5.74, 6) is -1.63. The van der Waals surface area contributed by atoms with Gasteiger partial charge in [0.15, 0.2) is 0 Å². The van der Waals surface area contributed by atoms with E-state index in [1.54, 1.807) is 37.3 Å². The Balaban J connectivity index is 2.69. The van der Waals surface area contributed by atoms with Crippen LogP contribution >= 0.6 is 0 Å². The third kappa shape index (κ3) is 5.11. The Kier molecular flexibility index (Phi) is 6.15. The first-order chi connectivity index (χ1) is 9.97. The first-order valence-electron chi connectivity index (χ1n) is 6.69. The highest BCUT2D eigenvalue weighted by molar-refractivity contribution is 5.94. The van der Waals surface area contributed by atoms with Crippen molar-refractivity contribution < 1.29 is 14.7 Å². The number of carbonyl (C=O) groups excluding carboxylic acids is 1. The number of rotatable bonds is 6. The van der Waals surface area contributed by atoms with Gasteiger partial charge in [0, 0.05) is 6.08 Å².